The standard InChI is InChI=1S/C23H19F3N6O4S3/c24-13-4-5-15(25)18(12-13)39(35,36)31-16-3-1-2-14(19(16)26)20-21(17-6-7-28-22(27)29-17)37-23(30-20)32-8-10-38(33,34)11-9-32/h1-7,12,31H,8-11H2,(H2,27,28,29). The molecule has 0 unspecified atom stereocenters. The Hall–Kier alpha value is -3.76. The van der Waals surface area contributed by atoms with Gasteiger partial charge in [-0.3, -0.25) is 4.72 Å². The number of aromatic nitrogens is 3. The quantitative estimate of drug-likeness (QED) is 0.342. The van der Waals surface area contributed by atoms with Gasteiger partial charge in [0, 0.05) is 24.8 Å². The van der Waals surface area contributed by atoms with Gasteiger partial charge in [0.1, 0.15) is 16.5 Å². The summed E-state index contributed by atoms with van der Waals surface area (Å²) < 4.78 is 94.9. The second-order valence-corrected chi connectivity index (χ2v) is 13.4. The summed E-state index contributed by atoms with van der Waals surface area (Å²) in [6.45, 7) is 0.365. The zero-order valence-electron chi connectivity index (χ0n) is 19.8. The Morgan fingerprint density at radius 1 is 1.03 bits per heavy atom. The molecule has 1 aliphatic heterocycles. The Labute approximate surface area is 225 Å². The zero-order chi connectivity index (χ0) is 27.9. The van der Waals surface area contributed by atoms with E-state index in [-0.39, 0.29) is 41.8 Å². The number of nitrogen functional groups attached to an aromatic ring is 1. The third-order valence-corrected chi connectivity index (χ3v) is 9.95. The molecule has 0 spiro atoms. The van der Waals surface area contributed by atoms with E-state index in [1.807, 2.05) is 4.72 Å². The van der Waals surface area contributed by atoms with Gasteiger partial charge in [-0.05, 0) is 36.4 Å². The van der Waals surface area contributed by atoms with E-state index in [9.17, 15) is 25.6 Å². The van der Waals surface area contributed by atoms with Crippen molar-refractivity contribution in [3.63, 3.8) is 0 Å². The number of benzene rings is 2. The Balaban J connectivity index is 1.59. The maximum Gasteiger partial charge on any atom is 0.265 e. The number of nitrogens with one attached hydrogen (secondary N) is 1. The molecule has 4 aromatic rings. The summed E-state index contributed by atoms with van der Waals surface area (Å²) in [5.41, 5.74) is 5.51. The van der Waals surface area contributed by atoms with Crippen LogP contribution >= 0.6 is 11.3 Å². The number of hydrogen-bond acceptors (Lipinski definition) is 10. The summed E-state index contributed by atoms with van der Waals surface area (Å²) in [7, 11) is -7.88. The van der Waals surface area contributed by atoms with Gasteiger partial charge in [0.05, 0.1) is 33.5 Å². The maximum absolute atomic E-state index is 15.8. The predicted molar refractivity (Wildman–Crippen MR) is 141 cm³/mol. The summed E-state index contributed by atoms with van der Waals surface area (Å²) in [4.78, 5) is 13.8. The van der Waals surface area contributed by atoms with E-state index in [1.165, 1.54) is 24.4 Å². The van der Waals surface area contributed by atoms with Crippen molar-refractivity contribution in [1.29, 1.82) is 0 Å². The van der Waals surface area contributed by atoms with Crippen molar-refractivity contribution >= 4 is 48.0 Å². The molecule has 1 saturated heterocycles. The monoisotopic (exact) mass is 596 g/mol. The zero-order valence-corrected chi connectivity index (χ0v) is 22.3. The van der Waals surface area contributed by atoms with E-state index < -0.39 is 47.9 Å². The van der Waals surface area contributed by atoms with Crippen molar-refractivity contribution in [3.8, 4) is 21.8 Å². The molecule has 2 aromatic heterocycles. The van der Waals surface area contributed by atoms with Crippen molar-refractivity contribution in [2.24, 2.45) is 0 Å². The van der Waals surface area contributed by atoms with Crippen molar-refractivity contribution in [2.75, 3.05) is 40.0 Å². The van der Waals surface area contributed by atoms with Gasteiger partial charge in [-0.2, -0.15) is 0 Å². The maximum atomic E-state index is 15.8. The Morgan fingerprint density at radius 2 is 1.77 bits per heavy atom. The van der Waals surface area contributed by atoms with Crippen LogP contribution in [-0.4, -0.2) is 56.4 Å². The Kier molecular flexibility index (Phi) is 6.94. The van der Waals surface area contributed by atoms with Crippen LogP contribution in [0.5, 0.6) is 0 Å². The highest BCUT2D eigenvalue weighted by molar-refractivity contribution is 7.92. The molecule has 0 aliphatic carbocycles. The lowest BCUT2D eigenvalue weighted by Gasteiger charge is -2.25. The average molecular weight is 597 g/mol. The summed E-state index contributed by atoms with van der Waals surface area (Å²) in [6.07, 6.45) is 1.41. The van der Waals surface area contributed by atoms with Crippen LogP contribution in [-0.2, 0) is 19.9 Å². The summed E-state index contributed by atoms with van der Waals surface area (Å²) in [5.74, 6) is -3.41. The molecule has 39 heavy (non-hydrogen) atoms. The average Bonchev–Trinajstić information content (AvgIpc) is 3.32. The van der Waals surface area contributed by atoms with Gasteiger partial charge < -0.3 is 10.6 Å². The minimum Gasteiger partial charge on any atom is -0.368 e. The van der Waals surface area contributed by atoms with Crippen LogP contribution in [0.15, 0.2) is 53.6 Å². The fraction of sp³-hybridized carbons (Fsp3) is 0.174. The molecule has 2 aromatic carbocycles. The minimum atomic E-state index is -4.70. The number of halogens is 3. The molecule has 16 heteroatoms. The van der Waals surface area contributed by atoms with Crippen molar-refractivity contribution < 1.29 is 30.0 Å². The summed E-state index contributed by atoms with van der Waals surface area (Å²) in [5, 5.41) is 0.402. The Bertz CT molecular complexity index is 1780. The molecule has 5 rings (SSSR count). The van der Waals surface area contributed by atoms with Gasteiger partial charge in [-0.1, -0.05) is 17.4 Å². The van der Waals surface area contributed by atoms with Crippen LogP contribution in [0.2, 0.25) is 0 Å². The van der Waals surface area contributed by atoms with Crippen LogP contribution in [0.25, 0.3) is 21.8 Å². The van der Waals surface area contributed by atoms with E-state index in [1.54, 1.807) is 4.90 Å². The molecule has 0 radical (unpaired) electrons. The number of thiazole rings is 1. The highest BCUT2D eigenvalue weighted by Gasteiger charge is 2.28. The number of anilines is 3. The van der Waals surface area contributed by atoms with Gasteiger partial charge in [0.15, 0.2) is 20.8 Å². The molecule has 10 nitrogen and oxygen atoms in total. The Morgan fingerprint density at radius 3 is 2.49 bits per heavy atom. The molecule has 1 aliphatic rings. The number of rotatable bonds is 6. The lowest BCUT2D eigenvalue weighted by Crippen LogP contribution is -2.40. The van der Waals surface area contributed by atoms with Gasteiger partial charge in [-0.25, -0.2) is 45.0 Å². The summed E-state index contributed by atoms with van der Waals surface area (Å²) in [6, 6.07) is 7.29. The van der Waals surface area contributed by atoms with Gasteiger partial charge in [-0.15, -0.1) is 0 Å². The van der Waals surface area contributed by atoms with Crippen LogP contribution in [0, 0.1) is 17.5 Å². The fourth-order valence-corrected chi connectivity index (χ4v) is 7.33. The van der Waals surface area contributed by atoms with Crippen LogP contribution in [0.1, 0.15) is 0 Å². The first kappa shape index (κ1) is 26.8. The molecule has 3 heterocycles. The van der Waals surface area contributed by atoms with Crippen LogP contribution in [0.4, 0.5) is 29.9 Å². The van der Waals surface area contributed by atoms with E-state index >= 15 is 4.39 Å². The highest BCUT2D eigenvalue weighted by Crippen LogP contribution is 2.42. The SMILES string of the molecule is Nc1nccc(-c2sc(N3CCS(=O)(=O)CC3)nc2-c2cccc(NS(=O)(=O)c3cc(F)ccc3F)c2F)n1. The molecule has 3 N–H and O–H groups in total. The second kappa shape index (κ2) is 10.1. The molecule has 0 amide bonds. The van der Waals surface area contributed by atoms with Crippen molar-refractivity contribution in [3.05, 3.63) is 66.1 Å². The number of nitrogens with zero attached hydrogens (tertiary/aromatic N) is 4. The molecular weight excluding hydrogens is 577 g/mol. The van der Waals surface area contributed by atoms with Gasteiger partial charge in [0.2, 0.25) is 5.95 Å². The van der Waals surface area contributed by atoms with E-state index in [0.717, 1.165) is 23.5 Å². The number of sulfonamides is 1. The first-order valence-electron chi connectivity index (χ1n) is 11.3. The fourth-order valence-electron chi connectivity index (χ4n) is 3.88. The number of sulfone groups is 1. The van der Waals surface area contributed by atoms with Crippen molar-refractivity contribution in [2.45, 2.75) is 4.90 Å². The van der Waals surface area contributed by atoms with Gasteiger partial charge >= 0.3 is 0 Å². The topological polar surface area (TPSA) is 148 Å². The van der Waals surface area contributed by atoms with E-state index in [2.05, 4.69) is 15.0 Å². The van der Waals surface area contributed by atoms with Gasteiger partial charge in [0.25, 0.3) is 10.0 Å². The molecule has 0 saturated carbocycles. The normalized spacial score (nSPS) is 15.3. The molecule has 0 bridgehead atoms. The third kappa shape index (κ3) is 5.53. The third-order valence-electron chi connectivity index (χ3n) is 5.82. The highest BCUT2D eigenvalue weighted by atomic mass is 32.2. The lowest BCUT2D eigenvalue weighted by atomic mass is 10.1. The largest absolute Gasteiger partial charge is 0.368 e. The minimum absolute atomic E-state index is 0.0448. The number of hydrogen-bond donors (Lipinski definition) is 2. The predicted octanol–water partition coefficient (Wildman–Crippen LogP) is 3.30. The first-order chi connectivity index (χ1) is 18.4. The van der Waals surface area contributed by atoms with Crippen LogP contribution < -0.4 is 15.4 Å². The van der Waals surface area contributed by atoms with Crippen LogP contribution in [0.3, 0.4) is 0 Å². The molecular formula is C23H19F3N6O4S3. The molecule has 204 valence electrons. The van der Waals surface area contributed by atoms with E-state index in [0.29, 0.717) is 27.8 Å². The van der Waals surface area contributed by atoms with Crippen molar-refractivity contribution in [1.82, 2.24) is 15.0 Å². The first-order valence-corrected chi connectivity index (χ1v) is 15.4. The molecule has 0 atom stereocenters. The molecule has 1 fully saturated rings. The summed E-state index contributed by atoms with van der Waals surface area (Å²) >= 11 is 1.13. The van der Waals surface area contributed by atoms with E-state index in [4.69, 9.17) is 5.73 Å². The smallest absolute Gasteiger partial charge is 0.265 e. The number of nitrogens with two attached hydrogens (primary N) is 1. The lowest BCUT2D eigenvalue weighted by molar-refractivity contribution is 0.555. The second-order valence-electron chi connectivity index (χ2n) is 8.46.